The molecule has 2 fully saturated rings. The molecule has 0 spiro atoms. The lowest BCUT2D eigenvalue weighted by Crippen LogP contribution is -2.55. The van der Waals surface area contributed by atoms with Gasteiger partial charge < -0.3 is 15.0 Å². The molecule has 2 aliphatic heterocycles. The van der Waals surface area contributed by atoms with Gasteiger partial charge in [0, 0.05) is 32.4 Å². The molecular weight excluding hydrogens is 516 g/mol. The van der Waals surface area contributed by atoms with Crippen LogP contribution in [0.5, 0.6) is 0 Å². The van der Waals surface area contributed by atoms with E-state index in [1.807, 2.05) is 12.1 Å². The number of hydrogen-bond donors (Lipinski definition) is 1. The SMILES string of the molecule is O=C(N[C@]1(C(=O)Cc2ccc(N3CCCCCC3=O)c(Cl)c2)CCOC1)c1ccc(Br)s1. The number of nitrogens with zero attached hydrogens (tertiary/aromatic N) is 1. The minimum atomic E-state index is -1.06. The number of benzene rings is 1. The Morgan fingerprint density at radius 1 is 1.22 bits per heavy atom. The van der Waals surface area contributed by atoms with E-state index >= 15 is 0 Å². The maximum atomic E-state index is 13.3. The van der Waals surface area contributed by atoms with Crippen LogP contribution in [0, 0.1) is 0 Å². The summed E-state index contributed by atoms with van der Waals surface area (Å²) in [6, 6.07) is 8.92. The third kappa shape index (κ3) is 5.09. The maximum absolute atomic E-state index is 13.3. The van der Waals surface area contributed by atoms with E-state index in [9.17, 15) is 14.4 Å². The number of ether oxygens (including phenoxy) is 1. The summed E-state index contributed by atoms with van der Waals surface area (Å²) in [5.41, 5.74) is 0.370. The van der Waals surface area contributed by atoms with Gasteiger partial charge in [0.15, 0.2) is 5.78 Å². The molecule has 9 heteroatoms. The molecule has 0 radical (unpaired) electrons. The number of hydrogen-bond acceptors (Lipinski definition) is 5. The largest absolute Gasteiger partial charge is 0.378 e. The first-order valence-corrected chi connectivity index (χ1v) is 12.6. The predicted molar refractivity (Wildman–Crippen MR) is 129 cm³/mol. The van der Waals surface area contributed by atoms with Crippen LogP contribution in [0.25, 0.3) is 0 Å². The zero-order chi connectivity index (χ0) is 22.7. The molecule has 1 atom stereocenters. The number of rotatable bonds is 6. The third-order valence-corrected chi connectivity index (χ3v) is 7.87. The Labute approximate surface area is 204 Å². The molecule has 1 aromatic carbocycles. The summed E-state index contributed by atoms with van der Waals surface area (Å²) in [4.78, 5) is 40.7. The molecular formula is C23H24BrClN2O4S. The maximum Gasteiger partial charge on any atom is 0.262 e. The molecule has 2 amide bonds. The highest BCUT2D eigenvalue weighted by molar-refractivity contribution is 9.11. The van der Waals surface area contributed by atoms with Crippen LogP contribution in [0.1, 0.15) is 47.3 Å². The molecule has 3 heterocycles. The molecule has 6 nitrogen and oxygen atoms in total. The standard InChI is InChI=1S/C23H24BrClN2O4S/c24-20-8-7-18(32-20)22(30)26-23(9-11-31-14-23)19(28)13-15-5-6-17(16(25)12-15)27-10-3-1-2-4-21(27)29/h5-8,12H,1-4,9-11,13-14H2,(H,26,30)/t23-/m1/s1. The van der Waals surface area contributed by atoms with Crippen LogP contribution in [0.15, 0.2) is 34.1 Å². The normalized spacial score (nSPS) is 21.4. The van der Waals surface area contributed by atoms with E-state index in [0.29, 0.717) is 41.6 Å². The van der Waals surface area contributed by atoms with Gasteiger partial charge >= 0.3 is 0 Å². The highest BCUT2D eigenvalue weighted by Crippen LogP contribution is 2.31. The van der Waals surface area contributed by atoms with Crippen molar-refractivity contribution in [2.45, 2.75) is 44.1 Å². The van der Waals surface area contributed by atoms with Crippen LogP contribution in [0.2, 0.25) is 5.02 Å². The first-order chi connectivity index (χ1) is 15.4. The number of carbonyl (C=O) groups excluding carboxylic acids is 3. The molecule has 0 unspecified atom stereocenters. The number of nitrogens with one attached hydrogen (secondary N) is 1. The van der Waals surface area contributed by atoms with Crippen LogP contribution in [0.4, 0.5) is 5.69 Å². The minimum Gasteiger partial charge on any atom is -0.378 e. The van der Waals surface area contributed by atoms with Crippen molar-refractivity contribution in [2.75, 3.05) is 24.7 Å². The number of anilines is 1. The van der Waals surface area contributed by atoms with E-state index in [4.69, 9.17) is 16.3 Å². The van der Waals surface area contributed by atoms with Gasteiger partial charge in [-0.15, -0.1) is 11.3 Å². The van der Waals surface area contributed by atoms with Crippen LogP contribution in [-0.2, 0) is 20.7 Å². The van der Waals surface area contributed by atoms with Crippen LogP contribution in [0.3, 0.4) is 0 Å². The molecule has 1 N–H and O–H groups in total. The second kappa shape index (κ2) is 10.0. The van der Waals surface area contributed by atoms with Gasteiger partial charge in [-0.05, 0) is 58.6 Å². The monoisotopic (exact) mass is 538 g/mol. The first kappa shape index (κ1) is 23.4. The number of carbonyl (C=O) groups is 3. The summed E-state index contributed by atoms with van der Waals surface area (Å²) in [5, 5.41) is 3.38. The molecule has 4 rings (SSSR count). The zero-order valence-electron chi connectivity index (χ0n) is 17.5. The minimum absolute atomic E-state index is 0.0817. The summed E-state index contributed by atoms with van der Waals surface area (Å²) in [6.07, 6.45) is 3.96. The number of ketones is 1. The van der Waals surface area contributed by atoms with Crippen molar-refractivity contribution < 1.29 is 19.1 Å². The smallest absolute Gasteiger partial charge is 0.262 e. The van der Waals surface area contributed by atoms with Gasteiger partial charge in [0.05, 0.1) is 26.0 Å². The topological polar surface area (TPSA) is 75.7 Å². The van der Waals surface area contributed by atoms with Crippen molar-refractivity contribution in [3.8, 4) is 0 Å². The average Bonchev–Trinajstić information content (AvgIpc) is 3.36. The zero-order valence-corrected chi connectivity index (χ0v) is 20.7. The molecule has 32 heavy (non-hydrogen) atoms. The molecule has 2 aromatic rings. The van der Waals surface area contributed by atoms with Gasteiger partial charge in [-0.3, -0.25) is 14.4 Å². The molecule has 1 aromatic heterocycles. The lowest BCUT2D eigenvalue weighted by Gasteiger charge is -2.27. The van der Waals surface area contributed by atoms with Crippen molar-refractivity contribution in [3.63, 3.8) is 0 Å². The summed E-state index contributed by atoms with van der Waals surface area (Å²) >= 11 is 11.2. The van der Waals surface area contributed by atoms with Crippen LogP contribution >= 0.6 is 38.9 Å². The van der Waals surface area contributed by atoms with Crippen molar-refractivity contribution in [1.82, 2.24) is 5.32 Å². The van der Waals surface area contributed by atoms with Crippen LogP contribution < -0.4 is 10.2 Å². The Balaban J connectivity index is 1.49. The fourth-order valence-corrected chi connectivity index (χ4v) is 5.73. The molecule has 2 saturated heterocycles. The number of amides is 2. The Bertz CT molecular complexity index is 1030. The molecule has 0 bridgehead atoms. The predicted octanol–water partition coefficient (Wildman–Crippen LogP) is 4.77. The first-order valence-electron chi connectivity index (χ1n) is 10.7. The molecule has 0 aliphatic carbocycles. The van der Waals surface area contributed by atoms with E-state index in [0.717, 1.165) is 28.6 Å². The lowest BCUT2D eigenvalue weighted by molar-refractivity contribution is -0.124. The van der Waals surface area contributed by atoms with E-state index in [-0.39, 0.29) is 30.6 Å². The lowest BCUT2D eigenvalue weighted by atomic mass is 9.88. The third-order valence-electron chi connectivity index (χ3n) is 5.95. The summed E-state index contributed by atoms with van der Waals surface area (Å²) in [6.45, 7) is 1.22. The Hall–Kier alpha value is -1.74. The number of Topliss-reactive ketones (excluding diaryl/α,β-unsaturated/α-hetero) is 1. The highest BCUT2D eigenvalue weighted by atomic mass is 79.9. The molecule has 170 valence electrons. The van der Waals surface area contributed by atoms with Crippen molar-refractivity contribution in [1.29, 1.82) is 0 Å². The van der Waals surface area contributed by atoms with Gasteiger partial charge in [-0.25, -0.2) is 0 Å². The fourth-order valence-electron chi connectivity index (χ4n) is 4.14. The van der Waals surface area contributed by atoms with E-state index in [2.05, 4.69) is 21.2 Å². The number of halogens is 2. The number of thiophene rings is 1. The van der Waals surface area contributed by atoms with Gasteiger partial charge in [0.1, 0.15) is 5.54 Å². The van der Waals surface area contributed by atoms with Gasteiger partial charge in [0.25, 0.3) is 5.91 Å². The van der Waals surface area contributed by atoms with Crippen molar-refractivity contribution >= 4 is 62.2 Å². The molecule has 0 saturated carbocycles. The van der Waals surface area contributed by atoms with Crippen molar-refractivity contribution in [2.24, 2.45) is 0 Å². The Morgan fingerprint density at radius 3 is 2.75 bits per heavy atom. The highest BCUT2D eigenvalue weighted by Gasteiger charge is 2.43. The van der Waals surface area contributed by atoms with Crippen molar-refractivity contribution in [3.05, 3.63) is 49.6 Å². The molecule has 2 aliphatic rings. The Kier molecular flexibility index (Phi) is 7.34. The fraction of sp³-hybridized carbons (Fsp3) is 0.435. The van der Waals surface area contributed by atoms with Gasteiger partial charge in [-0.1, -0.05) is 24.1 Å². The summed E-state index contributed by atoms with van der Waals surface area (Å²) < 4.78 is 6.35. The quantitative estimate of drug-likeness (QED) is 0.574. The van der Waals surface area contributed by atoms with E-state index in [1.54, 1.807) is 23.1 Å². The second-order valence-electron chi connectivity index (χ2n) is 8.18. The summed E-state index contributed by atoms with van der Waals surface area (Å²) in [7, 11) is 0. The van der Waals surface area contributed by atoms with E-state index < -0.39 is 5.54 Å². The van der Waals surface area contributed by atoms with E-state index in [1.165, 1.54) is 11.3 Å². The van der Waals surface area contributed by atoms with Crippen LogP contribution in [-0.4, -0.2) is 42.9 Å². The van der Waals surface area contributed by atoms with Gasteiger partial charge in [-0.2, -0.15) is 0 Å². The van der Waals surface area contributed by atoms with Gasteiger partial charge in [0.2, 0.25) is 5.91 Å². The Morgan fingerprint density at radius 2 is 2.06 bits per heavy atom. The average molecular weight is 540 g/mol. The summed E-state index contributed by atoms with van der Waals surface area (Å²) in [5.74, 6) is -0.320. The second-order valence-corrected chi connectivity index (χ2v) is 11.1.